The van der Waals surface area contributed by atoms with Crippen molar-refractivity contribution in [2.75, 3.05) is 26.8 Å². The molecular formula is C15H24N2O. The summed E-state index contributed by atoms with van der Waals surface area (Å²) in [5, 5.41) is 0. The Bertz CT molecular complexity index is 338. The third kappa shape index (κ3) is 3.80. The van der Waals surface area contributed by atoms with Crippen molar-refractivity contribution in [1.29, 1.82) is 0 Å². The minimum Gasteiger partial charge on any atom is -0.383 e. The first-order chi connectivity index (χ1) is 8.85. The monoisotopic (exact) mass is 248 g/mol. The lowest BCUT2D eigenvalue weighted by molar-refractivity contribution is 0.0745. The zero-order valence-electron chi connectivity index (χ0n) is 11.2. The second-order valence-corrected chi connectivity index (χ2v) is 5.10. The topological polar surface area (TPSA) is 38.5 Å². The Morgan fingerprint density at radius 1 is 1.33 bits per heavy atom. The van der Waals surface area contributed by atoms with Crippen LogP contribution in [0.25, 0.3) is 0 Å². The van der Waals surface area contributed by atoms with Crippen LogP contribution < -0.4 is 5.73 Å². The van der Waals surface area contributed by atoms with Crippen LogP contribution in [-0.4, -0.2) is 37.7 Å². The fourth-order valence-electron chi connectivity index (χ4n) is 2.54. The molecule has 1 saturated carbocycles. The molecule has 0 amide bonds. The molecule has 0 radical (unpaired) electrons. The molecule has 2 rings (SSSR count). The van der Waals surface area contributed by atoms with Gasteiger partial charge in [-0.15, -0.1) is 0 Å². The zero-order valence-corrected chi connectivity index (χ0v) is 11.2. The van der Waals surface area contributed by atoms with Crippen molar-refractivity contribution in [3.05, 3.63) is 35.9 Å². The summed E-state index contributed by atoms with van der Waals surface area (Å²) in [7, 11) is 1.79. The van der Waals surface area contributed by atoms with E-state index in [1.807, 2.05) is 0 Å². The van der Waals surface area contributed by atoms with E-state index in [1.165, 1.54) is 18.4 Å². The Kier molecular flexibility index (Phi) is 5.17. The molecule has 3 heteroatoms. The van der Waals surface area contributed by atoms with Crippen molar-refractivity contribution in [3.63, 3.8) is 0 Å². The highest BCUT2D eigenvalue weighted by atomic mass is 16.5. The quantitative estimate of drug-likeness (QED) is 0.763. The molecule has 1 aliphatic rings. The Labute approximate surface area is 110 Å². The summed E-state index contributed by atoms with van der Waals surface area (Å²) in [4.78, 5) is 2.48. The van der Waals surface area contributed by atoms with Crippen molar-refractivity contribution in [1.82, 2.24) is 4.90 Å². The Hall–Kier alpha value is -0.900. The van der Waals surface area contributed by atoms with Crippen LogP contribution in [0.1, 0.15) is 18.4 Å². The highest BCUT2D eigenvalue weighted by molar-refractivity contribution is 5.14. The van der Waals surface area contributed by atoms with Crippen LogP contribution in [0.3, 0.4) is 0 Å². The third-order valence-electron chi connectivity index (χ3n) is 3.62. The first-order valence-electron chi connectivity index (χ1n) is 6.82. The van der Waals surface area contributed by atoms with E-state index in [1.54, 1.807) is 7.11 Å². The van der Waals surface area contributed by atoms with E-state index in [2.05, 4.69) is 35.2 Å². The minimum atomic E-state index is 0.527. The van der Waals surface area contributed by atoms with Gasteiger partial charge in [0.25, 0.3) is 0 Å². The molecule has 1 aromatic carbocycles. The molecule has 18 heavy (non-hydrogen) atoms. The van der Waals surface area contributed by atoms with Gasteiger partial charge in [-0.1, -0.05) is 30.3 Å². The van der Waals surface area contributed by atoms with Crippen LogP contribution >= 0.6 is 0 Å². The maximum absolute atomic E-state index is 5.76. The van der Waals surface area contributed by atoms with Crippen LogP contribution in [0.4, 0.5) is 0 Å². The molecule has 0 aromatic heterocycles. The summed E-state index contributed by atoms with van der Waals surface area (Å²) in [6.45, 7) is 3.44. The summed E-state index contributed by atoms with van der Waals surface area (Å²) in [5.41, 5.74) is 7.11. The molecule has 1 aliphatic carbocycles. The summed E-state index contributed by atoms with van der Waals surface area (Å²) in [6, 6.07) is 11.1. The van der Waals surface area contributed by atoms with E-state index in [-0.39, 0.29) is 0 Å². The van der Waals surface area contributed by atoms with E-state index < -0.39 is 0 Å². The first kappa shape index (κ1) is 13.5. The fourth-order valence-corrected chi connectivity index (χ4v) is 2.54. The van der Waals surface area contributed by atoms with Crippen molar-refractivity contribution in [3.8, 4) is 0 Å². The first-order valence-corrected chi connectivity index (χ1v) is 6.82. The average molecular weight is 248 g/mol. The van der Waals surface area contributed by atoms with Crippen molar-refractivity contribution < 1.29 is 4.74 Å². The highest BCUT2D eigenvalue weighted by Crippen LogP contribution is 2.35. The molecule has 0 bridgehead atoms. The predicted octanol–water partition coefficient (Wildman–Crippen LogP) is 1.87. The molecule has 3 nitrogen and oxygen atoms in total. The van der Waals surface area contributed by atoms with Crippen LogP contribution in [0.15, 0.2) is 30.3 Å². The van der Waals surface area contributed by atoms with E-state index in [9.17, 15) is 0 Å². The van der Waals surface area contributed by atoms with Crippen LogP contribution in [0.2, 0.25) is 0 Å². The largest absolute Gasteiger partial charge is 0.383 e. The van der Waals surface area contributed by atoms with Gasteiger partial charge in [0.2, 0.25) is 0 Å². The molecule has 1 aromatic rings. The third-order valence-corrected chi connectivity index (χ3v) is 3.62. The van der Waals surface area contributed by atoms with Gasteiger partial charge < -0.3 is 10.5 Å². The number of nitrogens with two attached hydrogens (primary N) is 1. The minimum absolute atomic E-state index is 0.527. The number of benzene rings is 1. The average Bonchev–Trinajstić information content (AvgIpc) is 3.21. The molecule has 1 atom stereocenters. The van der Waals surface area contributed by atoms with Gasteiger partial charge in [0.05, 0.1) is 6.61 Å². The lowest BCUT2D eigenvalue weighted by Crippen LogP contribution is -2.42. The maximum atomic E-state index is 5.76. The molecule has 1 fully saturated rings. The smallest absolute Gasteiger partial charge is 0.0620 e. The van der Waals surface area contributed by atoms with E-state index in [4.69, 9.17) is 10.5 Å². The van der Waals surface area contributed by atoms with E-state index >= 15 is 0 Å². The number of nitrogens with zero attached hydrogens (tertiary/aromatic N) is 1. The van der Waals surface area contributed by atoms with Crippen molar-refractivity contribution >= 4 is 0 Å². The van der Waals surface area contributed by atoms with Gasteiger partial charge in [0, 0.05) is 32.8 Å². The second-order valence-electron chi connectivity index (χ2n) is 5.10. The van der Waals surface area contributed by atoms with E-state index in [0.717, 1.165) is 25.6 Å². The molecule has 2 N–H and O–H groups in total. The summed E-state index contributed by atoms with van der Waals surface area (Å²) < 4.78 is 5.39. The van der Waals surface area contributed by atoms with Gasteiger partial charge in [-0.2, -0.15) is 0 Å². The maximum Gasteiger partial charge on any atom is 0.0620 e. The number of rotatable bonds is 8. The van der Waals surface area contributed by atoms with Gasteiger partial charge in [0.1, 0.15) is 0 Å². The zero-order chi connectivity index (χ0) is 12.8. The normalized spacial score (nSPS) is 17.1. The molecule has 1 unspecified atom stereocenters. The molecule has 100 valence electrons. The summed E-state index contributed by atoms with van der Waals surface area (Å²) in [6.07, 6.45) is 2.67. The molecule has 0 saturated heterocycles. The van der Waals surface area contributed by atoms with E-state index in [0.29, 0.717) is 12.6 Å². The Morgan fingerprint density at radius 2 is 2.06 bits per heavy atom. The van der Waals surface area contributed by atoms with Crippen molar-refractivity contribution in [2.45, 2.75) is 25.4 Å². The number of hydrogen-bond donors (Lipinski definition) is 1. The molecular weight excluding hydrogens is 224 g/mol. The predicted molar refractivity (Wildman–Crippen MR) is 74.3 cm³/mol. The SMILES string of the molecule is COCC(C1CC1)N(CCN)Cc1ccccc1. The molecule has 0 aliphatic heterocycles. The molecule has 0 heterocycles. The van der Waals surface area contributed by atoms with Crippen LogP contribution in [0.5, 0.6) is 0 Å². The van der Waals surface area contributed by atoms with Crippen molar-refractivity contribution in [2.24, 2.45) is 11.7 Å². The van der Waals surface area contributed by atoms with Gasteiger partial charge in [0.15, 0.2) is 0 Å². The highest BCUT2D eigenvalue weighted by Gasteiger charge is 2.34. The van der Waals surface area contributed by atoms with Crippen LogP contribution in [-0.2, 0) is 11.3 Å². The number of methoxy groups -OCH3 is 1. The number of ether oxygens (including phenoxy) is 1. The lowest BCUT2D eigenvalue weighted by atomic mass is 10.1. The fraction of sp³-hybridized carbons (Fsp3) is 0.600. The Balaban J connectivity index is 2.01. The number of hydrogen-bond acceptors (Lipinski definition) is 3. The van der Waals surface area contributed by atoms with Gasteiger partial charge >= 0.3 is 0 Å². The standard InChI is InChI=1S/C15H24N2O/c1-18-12-15(14-7-8-14)17(10-9-16)11-13-5-3-2-4-6-13/h2-6,14-15H,7-12,16H2,1H3. The van der Waals surface area contributed by atoms with Crippen LogP contribution in [0, 0.1) is 5.92 Å². The Morgan fingerprint density at radius 3 is 2.61 bits per heavy atom. The van der Waals surface area contributed by atoms with Gasteiger partial charge in [-0.3, -0.25) is 4.90 Å². The van der Waals surface area contributed by atoms with Gasteiger partial charge in [-0.25, -0.2) is 0 Å². The second kappa shape index (κ2) is 6.88. The lowest BCUT2D eigenvalue weighted by Gasteiger charge is -2.31. The van der Waals surface area contributed by atoms with Gasteiger partial charge in [-0.05, 0) is 24.3 Å². The summed E-state index contributed by atoms with van der Waals surface area (Å²) in [5.74, 6) is 0.806. The molecule has 0 spiro atoms. The summed E-state index contributed by atoms with van der Waals surface area (Å²) >= 11 is 0.